The maximum absolute atomic E-state index is 11.3. The highest BCUT2D eigenvalue weighted by molar-refractivity contribution is 7.99. The van der Waals surface area contributed by atoms with Gasteiger partial charge in [0.15, 0.2) is 0 Å². The Morgan fingerprint density at radius 1 is 1.36 bits per heavy atom. The largest absolute Gasteiger partial charge is 0.306 e. The standard InChI is InChI=1S/C8H18N2O2S2/c1-9-8(13-2)4-6-10(7-5-8)14(3,11)12/h9H,4-7H2,1-3H3. The van der Waals surface area contributed by atoms with Gasteiger partial charge < -0.3 is 5.32 Å². The van der Waals surface area contributed by atoms with Crippen LogP contribution >= 0.6 is 11.8 Å². The molecule has 1 aliphatic rings. The molecule has 0 unspecified atom stereocenters. The molecule has 1 saturated heterocycles. The maximum Gasteiger partial charge on any atom is 0.211 e. The Bertz CT molecular complexity index is 276. The fourth-order valence-corrected chi connectivity index (χ4v) is 3.38. The molecule has 6 heteroatoms. The molecule has 14 heavy (non-hydrogen) atoms. The van der Waals surface area contributed by atoms with Crippen molar-refractivity contribution in [2.75, 3.05) is 32.6 Å². The Labute approximate surface area is 90.5 Å². The number of rotatable bonds is 3. The summed E-state index contributed by atoms with van der Waals surface area (Å²) in [5, 5.41) is 3.28. The lowest BCUT2D eigenvalue weighted by Gasteiger charge is -2.39. The predicted octanol–water partition coefficient (Wildman–Crippen LogP) is 0.320. The number of thioether (sulfide) groups is 1. The average Bonchev–Trinajstić information content (AvgIpc) is 2.16. The molecule has 84 valence electrons. The van der Waals surface area contributed by atoms with Crippen LogP contribution in [-0.4, -0.2) is 50.2 Å². The van der Waals surface area contributed by atoms with E-state index in [9.17, 15) is 8.42 Å². The van der Waals surface area contributed by atoms with E-state index in [-0.39, 0.29) is 4.87 Å². The number of hydrogen-bond acceptors (Lipinski definition) is 4. The minimum atomic E-state index is -3.00. The fourth-order valence-electron chi connectivity index (χ4n) is 1.74. The van der Waals surface area contributed by atoms with Crippen LogP contribution in [0.15, 0.2) is 0 Å². The molecule has 1 heterocycles. The summed E-state index contributed by atoms with van der Waals surface area (Å²) in [7, 11) is -1.06. The molecule has 1 rings (SSSR count). The van der Waals surface area contributed by atoms with Crippen molar-refractivity contribution in [3.8, 4) is 0 Å². The van der Waals surface area contributed by atoms with Gasteiger partial charge in [0, 0.05) is 13.1 Å². The van der Waals surface area contributed by atoms with E-state index in [0.29, 0.717) is 13.1 Å². The summed E-state index contributed by atoms with van der Waals surface area (Å²) < 4.78 is 24.1. The minimum absolute atomic E-state index is 0.0706. The van der Waals surface area contributed by atoms with E-state index in [2.05, 4.69) is 11.6 Å². The first-order valence-electron chi connectivity index (χ1n) is 4.63. The van der Waals surface area contributed by atoms with Gasteiger partial charge in [0.2, 0.25) is 10.0 Å². The first-order valence-corrected chi connectivity index (χ1v) is 7.70. The molecule has 0 bridgehead atoms. The van der Waals surface area contributed by atoms with Gasteiger partial charge >= 0.3 is 0 Å². The number of hydrogen-bond donors (Lipinski definition) is 1. The topological polar surface area (TPSA) is 49.4 Å². The second-order valence-corrected chi connectivity index (χ2v) is 6.78. The van der Waals surface area contributed by atoms with Crippen LogP contribution in [0.3, 0.4) is 0 Å². The zero-order chi connectivity index (χ0) is 10.8. The van der Waals surface area contributed by atoms with E-state index in [1.165, 1.54) is 6.26 Å². The molecule has 0 saturated carbocycles. The summed E-state index contributed by atoms with van der Waals surface area (Å²) in [6, 6.07) is 0. The van der Waals surface area contributed by atoms with Crippen molar-refractivity contribution in [1.29, 1.82) is 0 Å². The van der Waals surface area contributed by atoms with Crippen molar-refractivity contribution in [2.45, 2.75) is 17.7 Å². The van der Waals surface area contributed by atoms with Crippen LogP contribution in [0.5, 0.6) is 0 Å². The lowest BCUT2D eigenvalue weighted by atomic mass is 10.1. The minimum Gasteiger partial charge on any atom is -0.306 e. The first kappa shape index (κ1) is 12.3. The van der Waals surface area contributed by atoms with Crippen molar-refractivity contribution < 1.29 is 8.42 Å². The zero-order valence-electron chi connectivity index (χ0n) is 8.91. The predicted molar refractivity (Wildman–Crippen MR) is 61.0 cm³/mol. The summed E-state index contributed by atoms with van der Waals surface area (Å²) in [5.74, 6) is 0. The molecule has 1 aliphatic heterocycles. The molecule has 0 aromatic heterocycles. The van der Waals surface area contributed by atoms with Gasteiger partial charge in [-0.25, -0.2) is 12.7 Å². The average molecular weight is 238 g/mol. The second kappa shape index (κ2) is 4.38. The molecule has 0 spiro atoms. The zero-order valence-corrected chi connectivity index (χ0v) is 10.5. The van der Waals surface area contributed by atoms with E-state index >= 15 is 0 Å². The van der Waals surface area contributed by atoms with Crippen molar-refractivity contribution >= 4 is 21.8 Å². The number of piperidine rings is 1. The van der Waals surface area contributed by atoms with Gasteiger partial charge in [-0.1, -0.05) is 0 Å². The van der Waals surface area contributed by atoms with E-state index in [1.54, 1.807) is 16.1 Å². The van der Waals surface area contributed by atoms with Crippen molar-refractivity contribution in [2.24, 2.45) is 0 Å². The van der Waals surface area contributed by atoms with Gasteiger partial charge in [0.25, 0.3) is 0 Å². The molecule has 0 radical (unpaired) electrons. The van der Waals surface area contributed by atoms with Crippen molar-refractivity contribution in [3.63, 3.8) is 0 Å². The Kier molecular flexibility index (Phi) is 3.85. The summed E-state index contributed by atoms with van der Waals surface area (Å²) >= 11 is 1.77. The highest BCUT2D eigenvalue weighted by Crippen LogP contribution is 2.31. The van der Waals surface area contributed by atoms with Crippen LogP contribution in [0, 0.1) is 0 Å². The van der Waals surface area contributed by atoms with E-state index in [1.807, 2.05) is 7.05 Å². The molecule has 1 fully saturated rings. The maximum atomic E-state index is 11.3. The van der Waals surface area contributed by atoms with Crippen molar-refractivity contribution in [1.82, 2.24) is 9.62 Å². The summed E-state index contributed by atoms with van der Waals surface area (Å²) in [6.45, 7) is 1.25. The van der Waals surface area contributed by atoms with Crippen LogP contribution in [0.2, 0.25) is 0 Å². The van der Waals surface area contributed by atoms with Crippen LogP contribution in [-0.2, 0) is 10.0 Å². The molecule has 0 aromatic rings. The third-order valence-corrected chi connectivity index (χ3v) is 5.54. The van der Waals surface area contributed by atoms with Gasteiger partial charge in [-0.05, 0) is 26.1 Å². The monoisotopic (exact) mass is 238 g/mol. The van der Waals surface area contributed by atoms with Crippen molar-refractivity contribution in [3.05, 3.63) is 0 Å². The smallest absolute Gasteiger partial charge is 0.211 e. The van der Waals surface area contributed by atoms with Crippen LogP contribution < -0.4 is 5.32 Å². The van der Waals surface area contributed by atoms with E-state index in [0.717, 1.165) is 12.8 Å². The Hall–Kier alpha value is 0.220. The van der Waals surface area contributed by atoms with Gasteiger partial charge in [-0.15, -0.1) is 11.8 Å². The van der Waals surface area contributed by atoms with Gasteiger partial charge in [-0.3, -0.25) is 0 Å². The van der Waals surface area contributed by atoms with E-state index < -0.39 is 10.0 Å². The number of nitrogens with zero attached hydrogens (tertiary/aromatic N) is 1. The first-order chi connectivity index (χ1) is 6.43. The third-order valence-electron chi connectivity index (χ3n) is 2.85. The Morgan fingerprint density at radius 2 is 1.86 bits per heavy atom. The highest BCUT2D eigenvalue weighted by atomic mass is 32.2. The molecular formula is C8H18N2O2S2. The van der Waals surface area contributed by atoms with Crippen LogP contribution in [0.4, 0.5) is 0 Å². The lowest BCUT2D eigenvalue weighted by molar-refractivity contribution is 0.278. The molecule has 1 N–H and O–H groups in total. The van der Waals surface area contributed by atoms with E-state index in [4.69, 9.17) is 0 Å². The van der Waals surface area contributed by atoms with Gasteiger partial charge in [0.1, 0.15) is 0 Å². The number of sulfonamides is 1. The Balaban J connectivity index is 2.62. The number of nitrogens with one attached hydrogen (secondary N) is 1. The second-order valence-electron chi connectivity index (χ2n) is 3.61. The van der Waals surface area contributed by atoms with Crippen LogP contribution in [0.1, 0.15) is 12.8 Å². The quantitative estimate of drug-likeness (QED) is 0.720. The molecule has 0 atom stereocenters. The van der Waals surface area contributed by atoms with Crippen LogP contribution in [0.25, 0.3) is 0 Å². The van der Waals surface area contributed by atoms with Gasteiger partial charge in [0.05, 0.1) is 11.1 Å². The summed E-state index contributed by atoms with van der Waals surface area (Å²) in [5.41, 5.74) is 0. The Morgan fingerprint density at radius 3 is 2.14 bits per heavy atom. The van der Waals surface area contributed by atoms with Gasteiger partial charge in [-0.2, -0.15) is 0 Å². The highest BCUT2D eigenvalue weighted by Gasteiger charge is 2.34. The third kappa shape index (κ3) is 2.62. The lowest BCUT2D eigenvalue weighted by Crippen LogP contribution is -2.50. The summed E-state index contributed by atoms with van der Waals surface area (Å²) in [4.78, 5) is 0.0706. The summed E-state index contributed by atoms with van der Waals surface area (Å²) in [6.07, 6.45) is 5.08. The SMILES string of the molecule is CNC1(SC)CCN(S(C)(=O)=O)CC1. The molecule has 0 amide bonds. The fraction of sp³-hybridized carbons (Fsp3) is 1.00. The molecule has 4 nitrogen and oxygen atoms in total. The molecule has 0 aromatic carbocycles. The normalized spacial score (nSPS) is 23.6. The molecule has 0 aliphatic carbocycles. The molecular weight excluding hydrogens is 220 g/mol.